The number of carbonyl (C=O) groups is 1. The van der Waals surface area contributed by atoms with E-state index in [1.54, 1.807) is 16.9 Å². The lowest BCUT2D eigenvalue weighted by atomic mass is 10.2. The highest BCUT2D eigenvalue weighted by atomic mass is 16.5. The van der Waals surface area contributed by atoms with Gasteiger partial charge in [0, 0.05) is 6.20 Å². The number of para-hydroxylation sites is 3. The Balaban J connectivity index is 1.39. The molecule has 2 heterocycles. The van der Waals surface area contributed by atoms with Crippen molar-refractivity contribution in [3.63, 3.8) is 0 Å². The molecule has 1 N–H and O–H groups in total. The summed E-state index contributed by atoms with van der Waals surface area (Å²) in [6, 6.07) is 16.5. The Morgan fingerprint density at radius 1 is 1.18 bits per heavy atom. The molecule has 0 aliphatic carbocycles. The number of benzene rings is 2. The fourth-order valence-corrected chi connectivity index (χ4v) is 2.82. The average molecular weight is 376 g/mol. The number of nitrogens with one attached hydrogen (secondary N) is 1. The summed E-state index contributed by atoms with van der Waals surface area (Å²) in [6.07, 6.45) is 1.71. The maximum Gasteiger partial charge on any atom is 0.272 e. The molecule has 4 rings (SSSR count). The Bertz CT molecular complexity index is 1080. The van der Waals surface area contributed by atoms with Crippen LogP contribution in [0.4, 0.5) is 0 Å². The number of hydrogen-bond acceptors (Lipinski definition) is 5. The van der Waals surface area contributed by atoms with Crippen LogP contribution in [0.25, 0.3) is 11.1 Å². The Hall–Kier alpha value is -3.61. The number of fused-ring (bicyclic) bond motifs is 1. The monoisotopic (exact) mass is 376 g/mol. The summed E-state index contributed by atoms with van der Waals surface area (Å²) in [5.74, 6) is 0.940. The van der Waals surface area contributed by atoms with Gasteiger partial charge in [-0.25, -0.2) is 9.67 Å². The lowest BCUT2D eigenvalue weighted by Gasteiger charge is -2.09. The molecule has 0 spiro atoms. The van der Waals surface area contributed by atoms with Crippen molar-refractivity contribution in [3.05, 3.63) is 77.9 Å². The quantitative estimate of drug-likeness (QED) is 0.552. The Labute approximate surface area is 161 Å². The van der Waals surface area contributed by atoms with Gasteiger partial charge in [-0.3, -0.25) is 4.79 Å². The maximum atomic E-state index is 12.5. The van der Waals surface area contributed by atoms with Gasteiger partial charge in [0.1, 0.15) is 23.0 Å². The lowest BCUT2D eigenvalue weighted by molar-refractivity contribution is 0.0927. The molecule has 0 radical (unpaired) electrons. The lowest BCUT2D eigenvalue weighted by Crippen LogP contribution is -2.27. The third kappa shape index (κ3) is 3.73. The fourth-order valence-electron chi connectivity index (χ4n) is 2.82. The number of aromatic nitrogens is 3. The number of hydrogen-bond donors (Lipinski definition) is 1. The predicted octanol–water partition coefficient (Wildman–Crippen LogP) is 3.86. The summed E-state index contributed by atoms with van der Waals surface area (Å²) in [4.78, 5) is 16.9. The molecule has 0 bridgehead atoms. The topological polar surface area (TPSA) is 82.2 Å². The van der Waals surface area contributed by atoms with Gasteiger partial charge in [-0.2, -0.15) is 5.10 Å². The van der Waals surface area contributed by atoms with Crippen molar-refractivity contribution in [2.45, 2.75) is 26.6 Å². The average Bonchev–Trinajstić information content (AvgIpc) is 3.34. The molecule has 7 nitrogen and oxygen atoms in total. The zero-order valence-corrected chi connectivity index (χ0v) is 15.6. The molecule has 7 heteroatoms. The summed E-state index contributed by atoms with van der Waals surface area (Å²) in [7, 11) is 0. The Morgan fingerprint density at radius 3 is 2.79 bits per heavy atom. The van der Waals surface area contributed by atoms with Crippen molar-refractivity contribution in [2.24, 2.45) is 0 Å². The minimum absolute atomic E-state index is 0.221. The second-order valence-electron chi connectivity index (χ2n) is 6.49. The number of amides is 1. The van der Waals surface area contributed by atoms with Gasteiger partial charge in [-0.1, -0.05) is 30.3 Å². The van der Waals surface area contributed by atoms with Crippen molar-refractivity contribution in [3.8, 4) is 5.75 Å². The largest absolute Gasteiger partial charge is 0.471 e. The smallest absolute Gasteiger partial charge is 0.272 e. The van der Waals surface area contributed by atoms with Crippen molar-refractivity contribution in [1.82, 2.24) is 20.1 Å². The molecule has 1 atom stereocenters. The number of nitrogens with zero attached hydrogens (tertiary/aromatic N) is 3. The van der Waals surface area contributed by atoms with E-state index in [0.717, 1.165) is 16.8 Å². The normalized spacial score (nSPS) is 12.1. The first kappa shape index (κ1) is 17.8. The van der Waals surface area contributed by atoms with Crippen LogP contribution in [0.2, 0.25) is 0 Å². The van der Waals surface area contributed by atoms with E-state index >= 15 is 0 Å². The molecule has 2 aromatic carbocycles. The summed E-state index contributed by atoms with van der Waals surface area (Å²) in [6.45, 7) is 4.02. The number of carbonyl (C=O) groups excluding carboxylic acids is 1. The van der Waals surface area contributed by atoms with Crippen molar-refractivity contribution in [1.29, 1.82) is 0 Å². The molecule has 0 aliphatic heterocycles. The van der Waals surface area contributed by atoms with E-state index in [9.17, 15) is 4.79 Å². The van der Waals surface area contributed by atoms with Gasteiger partial charge in [-0.05, 0) is 43.7 Å². The molecule has 1 unspecified atom stereocenters. The van der Waals surface area contributed by atoms with Gasteiger partial charge in [-0.15, -0.1) is 0 Å². The molecule has 4 aromatic rings. The minimum Gasteiger partial charge on any atom is -0.471 e. The van der Waals surface area contributed by atoms with E-state index in [2.05, 4.69) is 15.4 Å². The van der Waals surface area contributed by atoms with Gasteiger partial charge in [0.2, 0.25) is 5.89 Å². The van der Waals surface area contributed by atoms with Crippen LogP contribution in [0.15, 0.2) is 65.2 Å². The first-order valence-corrected chi connectivity index (χ1v) is 8.98. The summed E-state index contributed by atoms with van der Waals surface area (Å²) >= 11 is 0. The van der Waals surface area contributed by atoms with Crippen molar-refractivity contribution in [2.75, 3.05) is 0 Å². The Kier molecular flexibility index (Phi) is 4.80. The maximum absolute atomic E-state index is 12.5. The zero-order chi connectivity index (χ0) is 19.5. The number of ether oxygens (including phenoxy) is 1. The van der Waals surface area contributed by atoms with E-state index in [0.29, 0.717) is 17.2 Å². The second-order valence-corrected chi connectivity index (χ2v) is 6.49. The SMILES string of the molecule is Cc1ccccc1OCn1ccc(C(=O)NC(C)c2nc3ccccc3o2)n1. The van der Waals surface area contributed by atoms with Gasteiger partial charge in [0.25, 0.3) is 5.91 Å². The highest BCUT2D eigenvalue weighted by Gasteiger charge is 2.18. The zero-order valence-electron chi connectivity index (χ0n) is 15.6. The molecular weight excluding hydrogens is 356 g/mol. The third-order valence-corrected chi connectivity index (χ3v) is 4.35. The van der Waals surface area contributed by atoms with Crippen molar-refractivity contribution < 1.29 is 13.9 Å². The molecule has 142 valence electrons. The molecule has 2 aromatic heterocycles. The van der Waals surface area contributed by atoms with E-state index in [4.69, 9.17) is 9.15 Å². The summed E-state index contributed by atoms with van der Waals surface area (Å²) in [5.41, 5.74) is 2.79. The second kappa shape index (κ2) is 7.56. The molecule has 0 fully saturated rings. The van der Waals surface area contributed by atoms with Crippen LogP contribution in [0.5, 0.6) is 5.75 Å². The molecule has 0 saturated heterocycles. The molecular formula is C21H20N4O3. The van der Waals surface area contributed by atoms with Crippen LogP contribution in [0.1, 0.15) is 34.9 Å². The fraction of sp³-hybridized carbons (Fsp3) is 0.190. The van der Waals surface area contributed by atoms with Crippen LogP contribution in [-0.4, -0.2) is 20.7 Å². The number of rotatable bonds is 6. The molecule has 1 amide bonds. The summed E-state index contributed by atoms with van der Waals surface area (Å²) < 4.78 is 13.0. The van der Waals surface area contributed by atoms with Crippen LogP contribution < -0.4 is 10.1 Å². The number of oxazole rings is 1. The van der Waals surface area contributed by atoms with Crippen LogP contribution in [0.3, 0.4) is 0 Å². The first-order chi connectivity index (χ1) is 13.6. The van der Waals surface area contributed by atoms with E-state index in [1.807, 2.05) is 62.4 Å². The van der Waals surface area contributed by atoms with Crippen LogP contribution in [0, 0.1) is 6.92 Å². The van der Waals surface area contributed by atoms with Crippen LogP contribution in [-0.2, 0) is 6.73 Å². The predicted molar refractivity (Wildman–Crippen MR) is 104 cm³/mol. The minimum atomic E-state index is -0.381. The van der Waals surface area contributed by atoms with E-state index in [1.165, 1.54) is 0 Å². The summed E-state index contributed by atoms with van der Waals surface area (Å²) in [5, 5.41) is 7.13. The highest BCUT2D eigenvalue weighted by Crippen LogP contribution is 2.20. The molecule has 0 aliphatic rings. The van der Waals surface area contributed by atoms with E-state index in [-0.39, 0.29) is 18.7 Å². The van der Waals surface area contributed by atoms with Gasteiger partial charge in [0.05, 0.1) is 0 Å². The van der Waals surface area contributed by atoms with Gasteiger partial charge < -0.3 is 14.5 Å². The number of aryl methyl sites for hydroxylation is 1. The molecule has 28 heavy (non-hydrogen) atoms. The standard InChI is InChI=1S/C21H20N4O3/c1-14-7-3-5-9-18(14)27-13-25-12-11-17(24-25)20(26)22-15(2)21-23-16-8-4-6-10-19(16)28-21/h3-12,15H,13H2,1-2H3,(H,22,26). The van der Waals surface area contributed by atoms with Gasteiger partial charge >= 0.3 is 0 Å². The van der Waals surface area contributed by atoms with Crippen molar-refractivity contribution >= 4 is 17.0 Å². The molecule has 0 saturated carbocycles. The third-order valence-electron chi connectivity index (χ3n) is 4.35. The van der Waals surface area contributed by atoms with Gasteiger partial charge in [0.15, 0.2) is 12.3 Å². The Morgan fingerprint density at radius 2 is 1.96 bits per heavy atom. The highest BCUT2D eigenvalue weighted by molar-refractivity contribution is 5.92. The van der Waals surface area contributed by atoms with E-state index < -0.39 is 0 Å². The first-order valence-electron chi connectivity index (χ1n) is 8.98. The van der Waals surface area contributed by atoms with Crippen LogP contribution >= 0.6 is 0 Å².